The average molecular weight is 270 g/mol. The van der Waals surface area contributed by atoms with Gasteiger partial charge in [0.05, 0.1) is 11.5 Å². The Morgan fingerprint density at radius 2 is 1.63 bits per heavy atom. The maximum Gasteiger partial charge on any atom is 0.313 e. The molecule has 0 amide bonds. The van der Waals surface area contributed by atoms with E-state index in [1.165, 1.54) is 0 Å². The first-order chi connectivity index (χ1) is 8.53. The molecule has 19 heavy (non-hydrogen) atoms. The molecule has 0 N–H and O–H groups in total. The fraction of sp³-hybridized carbons (Fsp3) is 0.938. The molecule has 0 atom stereocenters. The quantitative estimate of drug-likeness (QED) is 0.556. The largest absolute Gasteiger partial charge is 0.438 e. The van der Waals surface area contributed by atoms with Gasteiger partial charge in [0.15, 0.2) is 6.79 Å². The van der Waals surface area contributed by atoms with Crippen molar-refractivity contribution < 1.29 is 14.3 Å². The molecule has 0 heterocycles. The van der Waals surface area contributed by atoms with E-state index < -0.39 is 5.41 Å². The van der Waals surface area contributed by atoms with Crippen molar-refractivity contribution in [1.82, 2.24) is 0 Å². The van der Waals surface area contributed by atoms with Crippen LogP contribution in [0.5, 0.6) is 0 Å². The summed E-state index contributed by atoms with van der Waals surface area (Å²) in [5.74, 6) is -0.177. The number of rotatable bonds is 5. The summed E-state index contributed by atoms with van der Waals surface area (Å²) in [4.78, 5) is 11.9. The lowest BCUT2D eigenvalue weighted by Crippen LogP contribution is -2.37. The zero-order valence-corrected chi connectivity index (χ0v) is 13.6. The lowest BCUT2D eigenvalue weighted by molar-refractivity contribution is -0.182. The Labute approximate surface area is 118 Å². The maximum atomic E-state index is 11.9. The van der Waals surface area contributed by atoms with E-state index in [1.54, 1.807) is 0 Å². The lowest BCUT2D eigenvalue weighted by Gasteiger charge is -2.35. The van der Waals surface area contributed by atoms with E-state index in [9.17, 15) is 4.79 Å². The zero-order valence-electron chi connectivity index (χ0n) is 13.6. The predicted molar refractivity (Wildman–Crippen MR) is 76.7 cm³/mol. The van der Waals surface area contributed by atoms with Crippen molar-refractivity contribution in [2.24, 2.45) is 16.2 Å². The van der Waals surface area contributed by atoms with Gasteiger partial charge in [0.25, 0.3) is 0 Å². The molecule has 1 saturated carbocycles. The van der Waals surface area contributed by atoms with Crippen molar-refractivity contribution in [2.75, 3.05) is 6.79 Å². The predicted octanol–water partition coefficient (Wildman–Crippen LogP) is 4.15. The Morgan fingerprint density at radius 1 is 1.16 bits per heavy atom. The summed E-state index contributed by atoms with van der Waals surface area (Å²) in [6, 6.07) is 0. The van der Waals surface area contributed by atoms with Gasteiger partial charge in [-0.1, -0.05) is 34.6 Å². The molecule has 0 radical (unpaired) electrons. The molecule has 112 valence electrons. The maximum absolute atomic E-state index is 11.9. The molecule has 0 saturated heterocycles. The molecule has 3 nitrogen and oxygen atoms in total. The lowest BCUT2D eigenvalue weighted by atomic mass is 9.81. The van der Waals surface area contributed by atoms with Crippen LogP contribution in [0.15, 0.2) is 0 Å². The summed E-state index contributed by atoms with van der Waals surface area (Å²) in [6.07, 6.45) is 3.21. The van der Waals surface area contributed by atoms with E-state index in [2.05, 4.69) is 27.7 Å². The smallest absolute Gasteiger partial charge is 0.313 e. The fourth-order valence-corrected chi connectivity index (χ4v) is 2.91. The molecule has 0 unspecified atom stereocenters. The van der Waals surface area contributed by atoms with Gasteiger partial charge in [-0.3, -0.25) is 4.79 Å². The van der Waals surface area contributed by atoms with E-state index in [0.717, 1.165) is 19.3 Å². The molecule has 0 aromatic carbocycles. The van der Waals surface area contributed by atoms with Crippen molar-refractivity contribution in [3.8, 4) is 0 Å². The van der Waals surface area contributed by atoms with Gasteiger partial charge in [-0.2, -0.15) is 0 Å². The molecule has 0 bridgehead atoms. The summed E-state index contributed by atoms with van der Waals surface area (Å²) >= 11 is 0. The van der Waals surface area contributed by atoms with E-state index in [-0.39, 0.29) is 29.7 Å². The van der Waals surface area contributed by atoms with Crippen molar-refractivity contribution in [1.29, 1.82) is 0 Å². The van der Waals surface area contributed by atoms with E-state index in [4.69, 9.17) is 9.47 Å². The second kappa shape index (κ2) is 5.43. The number of hydrogen-bond acceptors (Lipinski definition) is 3. The summed E-state index contributed by atoms with van der Waals surface area (Å²) in [6.45, 7) is 14.8. The third-order valence-electron chi connectivity index (χ3n) is 4.69. The van der Waals surface area contributed by atoms with E-state index in [1.807, 2.05) is 20.8 Å². The van der Waals surface area contributed by atoms with Crippen LogP contribution in [0, 0.1) is 16.2 Å². The molecule has 1 aliphatic rings. The molecule has 1 aliphatic carbocycles. The third-order valence-corrected chi connectivity index (χ3v) is 4.69. The van der Waals surface area contributed by atoms with Gasteiger partial charge in [-0.25, -0.2) is 0 Å². The Bertz CT molecular complexity index is 313. The highest BCUT2D eigenvalue weighted by atomic mass is 16.7. The minimum absolute atomic E-state index is 0.0692. The Morgan fingerprint density at radius 3 is 2.05 bits per heavy atom. The standard InChI is InChI=1S/C16H30O3/c1-8-14(2,3)13(17)19-11-18-12-15(4,5)9-10-16(12,6)7/h12H,8-11H2,1-7H3. The number of carbonyl (C=O) groups is 1. The Hall–Kier alpha value is -0.570. The molecule has 0 spiro atoms. The highest BCUT2D eigenvalue weighted by molar-refractivity contribution is 5.75. The highest BCUT2D eigenvalue weighted by Gasteiger charge is 2.48. The normalized spacial score (nSPS) is 22.5. The monoisotopic (exact) mass is 270 g/mol. The fourth-order valence-electron chi connectivity index (χ4n) is 2.91. The molecule has 3 heteroatoms. The molecule has 1 rings (SSSR count). The van der Waals surface area contributed by atoms with Crippen LogP contribution in [0.1, 0.15) is 67.7 Å². The van der Waals surface area contributed by atoms with Crippen molar-refractivity contribution >= 4 is 5.97 Å². The van der Waals surface area contributed by atoms with E-state index in [0.29, 0.717) is 0 Å². The van der Waals surface area contributed by atoms with Crippen molar-refractivity contribution in [2.45, 2.75) is 73.8 Å². The zero-order chi connectivity index (χ0) is 14.9. The van der Waals surface area contributed by atoms with Crippen LogP contribution in [-0.4, -0.2) is 18.9 Å². The van der Waals surface area contributed by atoms with Crippen molar-refractivity contribution in [3.05, 3.63) is 0 Å². The SMILES string of the molecule is CCC(C)(C)C(=O)OCOC1C(C)(C)CCC1(C)C. The first kappa shape index (κ1) is 16.5. The van der Waals surface area contributed by atoms with Gasteiger partial charge >= 0.3 is 5.97 Å². The summed E-state index contributed by atoms with van der Waals surface area (Å²) < 4.78 is 11.2. The van der Waals surface area contributed by atoms with Gasteiger partial charge in [-0.15, -0.1) is 0 Å². The van der Waals surface area contributed by atoms with Crippen LogP contribution in [0.2, 0.25) is 0 Å². The number of ether oxygens (including phenoxy) is 2. The second-order valence-electron chi connectivity index (χ2n) is 7.81. The minimum atomic E-state index is -0.427. The molecule has 0 aromatic heterocycles. The molecule has 0 aromatic rings. The van der Waals surface area contributed by atoms with Gasteiger partial charge in [0, 0.05) is 0 Å². The first-order valence-electron chi connectivity index (χ1n) is 7.32. The highest BCUT2D eigenvalue weighted by Crippen LogP contribution is 2.50. The number of carbonyl (C=O) groups excluding carboxylic acids is 1. The molecule has 1 fully saturated rings. The second-order valence-corrected chi connectivity index (χ2v) is 7.81. The summed E-state index contributed by atoms with van der Waals surface area (Å²) in [5.41, 5.74) is -0.129. The van der Waals surface area contributed by atoms with Crippen molar-refractivity contribution in [3.63, 3.8) is 0 Å². The van der Waals surface area contributed by atoms with Crippen LogP contribution < -0.4 is 0 Å². The van der Waals surface area contributed by atoms with Gasteiger partial charge in [0.1, 0.15) is 0 Å². The van der Waals surface area contributed by atoms with Crippen LogP contribution >= 0.6 is 0 Å². The van der Waals surface area contributed by atoms with Crippen LogP contribution in [0.4, 0.5) is 0 Å². The van der Waals surface area contributed by atoms with Crippen LogP contribution in [0.25, 0.3) is 0 Å². The van der Waals surface area contributed by atoms with Crippen LogP contribution in [0.3, 0.4) is 0 Å². The van der Waals surface area contributed by atoms with Gasteiger partial charge in [-0.05, 0) is 43.9 Å². The molecular formula is C16H30O3. The summed E-state index contributed by atoms with van der Waals surface area (Å²) in [7, 11) is 0. The molecule has 0 aliphatic heterocycles. The van der Waals surface area contributed by atoms with Crippen LogP contribution in [-0.2, 0) is 14.3 Å². The van der Waals surface area contributed by atoms with Gasteiger partial charge < -0.3 is 9.47 Å². The summed E-state index contributed by atoms with van der Waals surface area (Å²) in [5, 5.41) is 0. The first-order valence-corrected chi connectivity index (χ1v) is 7.32. The van der Waals surface area contributed by atoms with Gasteiger partial charge in [0.2, 0.25) is 0 Å². The molecular weight excluding hydrogens is 240 g/mol. The average Bonchev–Trinajstić information content (AvgIpc) is 2.51. The number of esters is 1. The third kappa shape index (κ3) is 3.71. The minimum Gasteiger partial charge on any atom is -0.438 e. The Kier molecular flexibility index (Phi) is 4.71. The number of hydrogen-bond donors (Lipinski definition) is 0. The Balaban J connectivity index is 2.51. The topological polar surface area (TPSA) is 35.5 Å². The van der Waals surface area contributed by atoms with E-state index >= 15 is 0 Å².